The quantitative estimate of drug-likeness (QED) is 0.898. The Hall–Kier alpha value is -2.74. The summed E-state index contributed by atoms with van der Waals surface area (Å²) in [4.78, 5) is 0. The van der Waals surface area contributed by atoms with Crippen LogP contribution in [0.15, 0.2) is 36.4 Å². The van der Waals surface area contributed by atoms with Crippen LogP contribution in [0.4, 0.5) is 10.1 Å². The zero-order valence-corrected chi connectivity index (χ0v) is 10.9. The molecule has 0 unspecified atom stereocenters. The zero-order valence-electron chi connectivity index (χ0n) is 10.9. The number of methoxy groups -OCH3 is 1. The van der Waals surface area contributed by atoms with Crippen LogP contribution in [0.2, 0.25) is 0 Å². The second kappa shape index (κ2) is 5.93. The number of ether oxygens (including phenoxy) is 1. The van der Waals surface area contributed by atoms with Gasteiger partial charge in [-0.15, -0.1) is 0 Å². The number of benzene rings is 2. The van der Waals surface area contributed by atoms with Crippen molar-refractivity contribution in [2.45, 2.75) is 6.54 Å². The summed E-state index contributed by atoms with van der Waals surface area (Å²) in [5.74, 6) is -0.135. The minimum absolute atomic E-state index is 0.0155. The van der Waals surface area contributed by atoms with Crippen LogP contribution in [0.25, 0.3) is 0 Å². The van der Waals surface area contributed by atoms with E-state index in [2.05, 4.69) is 5.32 Å². The number of phenols is 1. The van der Waals surface area contributed by atoms with E-state index in [0.717, 1.165) is 5.56 Å². The second-order valence-corrected chi connectivity index (χ2v) is 4.13. The topological polar surface area (TPSA) is 65.3 Å². The molecule has 5 heteroatoms. The van der Waals surface area contributed by atoms with Crippen molar-refractivity contribution >= 4 is 5.69 Å². The average molecular weight is 272 g/mol. The van der Waals surface area contributed by atoms with E-state index in [1.165, 1.54) is 25.3 Å². The van der Waals surface area contributed by atoms with Gasteiger partial charge in [-0.1, -0.05) is 12.1 Å². The fourth-order valence-electron chi connectivity index (χ4n) is 1.81. The van der Waals surface area contributed by atoms with Crippen molar-refractivity contribution in [3.05, 3.63) is 53.3 Å². The number of rotatable bonds is 4. The summed E-state index contributed by atoms with van der Waals surface area (Å²) in [6.45, 7) is 0.384. The van der Waals surface area contributed by atoms with Gasteiger partial charge in [0.2, 0.25) is 0 Å². The highest BCUT2D eigenvalue weighted by Crippen LogP contribution is 2.27. The molecule has 0 saturated carbocycles. The van der Waals surface area contributed by atoms with Gasteiger partial charge in [0, 0.05) is 6.54 Å². The maximum absolute atomic E-state index is 13.4. The van der Waals surface area contributed by atoms with E-state index in [-0.39, 0.29) is 11.3 Å². The Balaban J connectivity index is 2.17. The first kappa shape index (κ1) is 13.7. The predicted octanol–water partition coefficient (Wildman–Crippen LogP) is 3.02. The molecule has 0 atom stereocenters. The Morgan fingerprint density at radius 1 is 1.35 bits per heavy atom. The molecule has 2 rings (SSSR count). The maximum Gasteiger partial charge on any atom is 0.160 e. The van der Waals surface area contributed by atoms with Crippen LogP contribution >= 0.6 is 0 Å². The minimum Gasteiger partial charge on any atom is -0.504 e. The van der Waals surface area contributed by atoms with Gasteiger partial charge in [-0.3, -0.25) is 0 Å². The van der Waals surface area contributed by atoms with E-state index >= 15 is 0 Å². The molecule has 0 fully saturated rings. The van der Waals surface area contributed by atoms with Crippen LogP contribution in [0.3, 0.4) is 0 Å². The first-order chi connectivity index (χ1) is 9.65. The maximum atomic E-state index is 13.4. The highest BCUT2D eigenvalue weighted by molar-refractivity contribution is 5.58. The van der Waals surface area contributed by atoms with Crippen LogP contribution in [0.1, 0.15) is 11.1 Å². The van der Waals surface area contributed by atoms with Gasteiger partial charge in [0.25, 0.3) is 0 Å². The van der Waals surface area contributed by atoms with Gasteiger partial charge < -0.3 is 15.2 Å². The predicted molar refractivity (Wildman–Crippen MR) is 73.1 cm³/mol. The highest BCUT2D eigenvalue weighted by Gasteiger charge is 2.08. The van der Waals surface area contributed by atoms with Gasteiger partial charge in [-0.05, 0) is 29.8 Å². The number of anilines is 1. The number of nitrogens with one attached hydrogen (secondary N) is 1. The molecule has 102 valence electrons. The number of halogens is 1. The van der Waals surface area contributed by atoms with Gasteiger partial charge in [-0.2, -0.15) is 5.26 Å². The van der Waals surface area contributed by atoms with Crippen LogP contribution in [-0.2, 0) is 6.54 Å². The molecule has 0 radical (unpaired) electrons. The third kappa shape index (κ3) is 2.81. The second-order valence-electron chi connectivity index (χ2n) is 4.13. The lowest BCUT2D eigenvalue weighted by Gasteiger charge is -2.10. The van der Waals surface area contributed by atoms with Crippen molar-refractivity contribution in [1.29, 1.82) is 5.26 Å². The largest absolute Gasteiger partial charge is 0.504 e. The van der Waals surface area contributed by atoms with Gasteiger partial charge in [0.15, 0.2) is 11.5 Å². The lowest BCUT2D eigenvalue weighted by molar-refractivity contribution is 0.373. The van der Waals surface area contributed by atoms with Crippen LogP contribution in [0.5, 0.6) is 11.5 Å². The molecule has 0 spiro atoms. The summed E-state index contributed by atoms with van der Waals surface area (Å²) in [5.41, 5.74) is 1.26. The fraction of sp³-hybridized carbons (Fsp3) is 0.133. The van der Waals surface area contributed by atoms with E-state index in [4.69, 9.17) is 10.00 Å². The fourth-order valence-corrected chi connectivity index (χ4v) is 1.81. The zero-order chi connectivity index (χ0) is 14.5. The van der Waals surface area contributed by atoms with Crippen molar-refractivity contribution in [3.8, 4) is 17.6 Å². The molecule has 2 aromatic rings. The Kier molecular flexibility index (Phi) is 4.06. The van der Waals surface area contributed by atoms with E-state index in [1.54, 1.807) is 18.2 Å². The molecular formula is C15H13FN2O2. The first-order valence-corrected chi connectivity index (χ1v) is 5.94. The first-order valence-electron chi connectivity index (χ1n) is 5.94. The SMILES string of the molecule is COc1cc(CNc2cccc(F)c2C#N)ccc1O. The lowest BCUT2D eigenvalue weighted by atomic mass is 10.1. The monoisotopic (exact) mass is 272 g/mol. The molecule has 0 heterocycles. The number of nitriles is 1. The molecule has 2 aromatic carbocycles. The number of hydrogen-bond donors (Lipinski definition) is 2. The van der Waals surface area contributed by atoms with Crippen molar-refractivity contribution in [2.75, 3.05) is 12.4 Å². The Labute approximate surface area is 116 Å². The lowest BCUT2D eigenvalue weighted by Crippen LogP contribution is -2.02. The smallest absolute Gasteiger partial charge is 0.160 e. The molecule has 0 aromatic heterocycles. The third-order valence-corrected chi connectivity index (χ3v) is 2.85. The normalized spacial score (nSPS) is 9.85. The summed E-state index contributed by atoms with van der Waals surface area (Å²) in [6, 6.07) is 11.2. The Morgan fingerprint density at radius 3 is 2.85 bits per heavy atom. The molecule has 4 nitrogen and oxygen atoms in total. The van der Waals surface area contributed by atoms with Crippen molar-refractivity contribution in [3.63, 3.8) is 0 Å². The molecule has 0 saturated heterocycles. The number of phenolic OH excluding ortho intramolecular Hbond substituents is 1. The average Bonchev–Trinajstić information content (AvgIpc) is 2.46. The molecule has 0 aliphatic heterocycles. The van der Waals surface area contributed by atoms with Crippen LogP contribution < -0.4 is 10.1 Å². The van der Waals surface area contributed by atoms with E-state index < -0.39 is 5.82 Å². The third-order valence-electron chi connectivity index (χ3n) is 2.85. The minimum atomic E-state index is -0.555. The molecular weight excluding hydrogens is 259 g/mol. The number of aromatic hydroxyl groups is 1. The number of nitrogens with zero attached hydrogens (tertiary/aromatic N) is 1. The van der Waals surface area contributed by atoms with Crippen LogP contribution in [0, 0.1) is 17.1 Å². The van der Waals surface area contributed by atoms with Gasteiger partial charge in [-0.25, -0.2) is 4.39 Å². The Bertz CT molecular complexity index is 665. The van der Waals surface area contributed by atoms with Crippen molar-refractivity contribution in [1.82, 2.24) is 0 Å². The van der Waals surface area contributed by atoms with Gasteiger partial charge in [0.1, 0.15) is 17.4 Å². The molecule has 2 N–H and O–H groups in total. The Morgan fingerprint density at radius 2 is 2.15 bits per heavy atom. The summed E-state index contributed by atoms with van der Waals surface area (Å²) >= 11 is 0. The van der Waals surface area contributed by atoms with Gasteiger partial charge >= 0.3 is 0 Å². The molecule has 0 aliphatic rings. The van der Waals surface area contributed by atoms with E-state index in [9.17, 15) is 9.50 Å². The molecule has 0 bridgehead atoms. The molecule has 0 amide bonds. The highest BCUT2D eigenvalue weighted by atomic mass is 19.1. The van der Waals surface area contributed by atoms with E-state index in [1.807, 2.05) is 6.07 Å². The summed E-state index contributed by atoms with van der Waals surface area (Å²) in [6.07, 6.45) is 0. The molecule has 20 heavy (non-hydrogen) atoms. The van der Waals surface area contributed by atoms with Gasteiger partial charge in [0.05, 0.1) is 12.8 Å². The number of hydrogen-bond acceptors (Lipinski definition) is 4. The standard InChI is InChI=1S/C15H13FN2O2/c1-20-15-7-10(5-6-14(15)19)9-18-13-4-2-3-12(16)11(13)8-17/h2-7,18-19H,9H2,1H3. The van der Waals surface area contributed by atoms with Crippen molar-refractivity contribution < 1.29 is 14.2 Å². The van der Waals surface area contributed by atoms with E-state index in [0.29, 0.717) is 18.0 Å². The van der Waals surface area contributed by atoms with Crippen molar-refractivity contribution in [2.24, 2.45) is 0 Å². The molecule has 0 aliphatic carbocycles. The van der Waals surface area contributed by atoms with Crippen LogP contribution in [-0.4, -0.2) is 12.2 Å². The summed E-state index contributed by atoms with van der Waals surface area (Å²) in [7, 11) is 1.46. The summed E-state index contributed by atoms with van der Waals surface area (Å²) < 4.78 is 18.4. The summed E-state index contributed by atoms with van der Waals surface area (Å²) in [5, 5.41) is 21.4.